The molecular weight excluding hydrogens is 565 g/mol. The van der Waals surface area contributed by atoms with E-state index in [2.05, 4.69) is 10.1 Å². The molecule has 0 aliphatic carbocycles. The first-order valence-electron chi connectivity index (χ1n) is 13.6. The molecule has 226 valence electrons. The molecule has 2 aromatic heterocycles. The maximum absolute atomic E-state index is 14.3. The largest absolute Gasteiger partial charge is 0.497 e. The van der Waals surface area contributed by atoms with E-state index in [1.807, 2.05) is 11.8 Å². The van der Waals surface area contributed by atoms with Gasteiger partial charge in [-0.15, -0.1) is 0 Å². The van der Waals surface area contributed by atoms with Gasteiger partial charge in [-0.1, -0.05) is 12.1 Å². The summed E-state index contributed by atoms with van der Waals surface area (Å²) in [6.45, 7) is 3.91. The third kappa shape index (κ3) is 5.65. The van der Waals surface area contributed by atoms with E-state index < -0.39 is 29.7 Å². The minimum absolute atomic E-state index is 0.0478. The number of carbonyl (C=O) groups is 2. The highest BCUT2D eigenvalue weighted by Crippen LogP contribution is 2.37. The number of nitrogens with two attached hydrogens (primary N) is 1. The summed E-state index contributed by atoms with van der Waals surface area (Å²) in [7, 11) is 1.49. The standard InChI is InChI=1S/C30H31F3N6O4/c1-17-15-37(24(16-40)20-5-4-6-21(13-20)27(34)41)11-12-38(17)29(42)23-14-35-39-26(30(31,32)33)18(2)25(36-28(23)39)19-7-9-22(43-3)10-8-19/h4-10,13-14,17,24,40H,11-12,15-16H2,1-3H3,(H2,34,41)/t17-,24+/m1/s1. The number of aliphatic hydroxyl groups excluding tert-OH is 1. The molecule has 0 radical (unpaired) electrons. The number of primary amides is 1. The van der Waals surface area contributed by atoms with Gasteiger partial charge in [0, 0.05) is 42.4 Å². The summed E-state index contributed by atoms with van der Waals surface area (Å²) >= 11 is 0. The quantitative estimate of drug-likeness (QED) is 0.333. The Labute approximate surface area is 245 Å². The predicted molar refractivity (Wildman–Crippen MR) is 152 cm³/mol. The van der Waals surface area contributed by atoms with Gasteiger partial charge in [0.1, 0.15) is 11.3 Å². The monoisotopic (exact) mass is 596 g/mol. The van der Waals surface area contributed by atoms with Gasteiger partial charge in [0.25, 0.3) is 5.91 Å². The number of ether oxygens (including phenoxy) is 1. The number of amides is 2. The molecule has 1 aliphatic heterocycles. The van der Waals surface area contributed by atoms with Gasteiger partial charge in [-0.2, -0.15) is 18.3 Å². The predicted octanol–water partition coefficient (Wildman–Crippen LogP) is 3.71. The van der Waals surface area contributed by atoms with Crippen LogP contribution >= 0.6 is 0 Å². The number of halogens is 3. The van der Waals surface area contributed by atoms with Crippen molar-refractivity contribution >= 4 is 17.5 Å². The number of piperazine rings is 1. The minimum Gasteiger partial charge on any atom is -0.497 e. The number of nitrogens with zero attached hydrogens (tertiary/aromatic N) is 5. The average molecular weight is 597 g/mol. The molecule has 4 aromatic rings. The Kier molecular flexibility index (Phi) is 8.12. The van der Waals surface area contributed by atoms with Crippen LogP contribution in [-0.4, -0.2) is 80.7 Å². The molecule has 2 aromatic carbocycles. The summed E-state index contributed by atoms with van der Waals surface area (Å²) < 4.78 is 48.8. The molecule has 0 unspecified atom stereocenters. The summed E-state index contributed by atoms with van der Waals surface area (Å²) in [6.07, 6.45) is -3.63. The van der Waals surface area contributed by atoms with Crippen molar-refractivity contribution in [1.29, 1.82) is 0 Å². The van der Waals surface area contributed by atoms with Crippen LogP contribution in [0.5, 0.6) is 5.75 Å². The molecule has 43 heavy (non-hydrogen) atoms. The smallest absolute Gasteiger partial charge is 0.433 e. The molecule has 0 spiro atoms. The van der Waals surface area contributed by atoms with Gasteiger partial charge in [-0.3, -0.25) is 14.5 Å². The van der Waals surface area contributed by atoms with Crippen molar-refractivity contribution in [1.82, 2.24) is 24.4 Å². The van der Waals surface area contributed by atoms with Gasteiger partial charge < -0.3 is 20.5 Å². The van der Waals surface area contributed by atoms with E-state index >= 15 is 0 Å². The number of rotatable bonds is 7. The Hall–Kier alpha value is -4.49. The molecular formula is C30H31F3N6O4. The third-order valence-electron chi connectivity index (χ3n) is 7.84. The van der Waals surface area contributed by atoms with Crippen LogP contribution < -0.4 is 10.5 Å². The lowest BCUT2D eigenvalue weighted by Gasteiger charge is -2.43. The number of aliphatic hydroxyl groups is 1. The average Bonchev–Trinajstić information content (AvgIpc) is 3.39. The SMILES string of the molecule is COc1ccc(-c2nc3c(C(=O)N4CCN([C@@H](CO)c5cccc(C(N)=O)c5)C[C@H]4C)cnn3c(C(F)(F)F)c2C)cc1. The maximum Gasteiger partial charge on any atom is 0.433 e. The fourth-order valence-electron chi connectivity index (χ4n) is 5.64. The lowest BCUT2D eigenvalue weighted by Crippen LogP contribution is -2.55. The normalized spacial score (nSPS) is 16.8. The van der Waals surface area contributed by atoms with E-state index in [1.54, 1.807) is 53.4 Å². The number of carbonyl (C=O) groups excluding carboxylic acids is 2. The topological polar surface area (TPSA) is 126 Å². The lowest BCUT2D eigenvalue weighted by atomic mass is 10.0. The van der Waals surface area contributed by atoms with E-state index in [0.717, 1.165) is 6.20 Å². The number of alkyl halides is 3. The first kappa shape index (κ1) is 30.0. The van der Waals surface area contributed by atoms with Crippen molar-refractivity contribution in [3.63, 3.8) is 0 Å². The highest BCUT2D eigenvalue weighted by molar-refractivity contribution is 6.00. The van der Waals surface area contributed by atoms with Crippen LogP contribution in [0.4, 0.5) is 13.2 Å². The summed E-state index contributed by atoms with van der Waals surface area (Å²) in [6, 6.07) is 12.4. The molecule has 1 aliphatic rings. The second-order valence-electron chi connectivity index (χ2n) is 10.5. The molecule has 2 amide bonds. The zero-order valence-corrected chi connectivity index (χ0v) is 23.8. The van der Waals surface area contributed by atoms with Gasteiger partial charge in [-0.25, -0.2) is 9.50 Å². The molecule has 3 N–H and O–H groups in total. The van der Waals surface area contributed by atoms with Crippen LogP contribution in [0.2, 0.25) is 0 Å². The number of benzene rings is 2. The van der Waals surface area contributed by atoms with Crippen molar-refractivity contribution in [2.75, 3.05) is 33.4 Å². The first-order chi connectivity index (χ1) is 20.4. The summed E-state index contributed by atoms with van der Waals surface area (Å²) in [5.41, 5.74) is 5.59. The van der Waals surface area contributed by atoms with Crippen molar-refractivity contribution in [3.8, 4) is 17.0 Å². The zero-order chi connectivity index (χ0) is 31.1. The Morgan fingerprint density at radius 1 is 1.16 bits per heavy atom. The Bertz CT molecular complexity index is 1670. The fourth-order valence-corrected chi connectivity index (χ4v) is 5.64. The molecule has 2 atom stereocenters. The Morgan fingerprint density at radius 3 is 2.49 bits per heavy atom. The molecule has 13 heteroatoms. The summed E-state index contributed by atoms with van der Waals surface area (Å²) in [5.74, 6) is -0.539. The van der Waals surface area contributed by atoms with E-state index in [0.29, 0.717) is 40.0 Å². The van der Waals surface area contributed by atoms with Gasteiger partial charge in [0.15, 0.2) is 11.3 Å². The number of hydrogen-bond donors (Lipinski definition) is 2. The zero-order valence-electron chi connectivity index (χ0n) is 23.8. The summed E-state index contributed by atoms with van der Waals surface area (Å²) in [5, 5.41) is 14.2. The van der Waals surface area contributed by atoms with Crippen molar-refractivity contribution in [2.45, 2.75) is 32.1 Å². The molecule has 0 saturated carbocycles. The first-order valence-corrected chi connectivity index (χ1v) is 13.6. The highest BCUT2D eigenvalue weighted by Gasteiger charge is 2.39. The minimum atomic E-state index is -4.76. The molecule has 5 rings (SSSR count). The maximum atomic E-state index is 14.3. The van der Waals surface area contributed by atoms with Gasteiger partial charge in [-0.05, 0) is 55.8 Å². The second kappa shape index (κ2) is 11.7. The fraction of sp³-hybridized carbons (Fsp3) is 0.333. The van der Waals surface area contributed by atoms with Crippen molar-refractivity contribution in [2.24, 2.45) is 5.73 Å². The third-order valence-corrected chi connectivity index (χ3v) is 7.84. The summed E-state index contributed by atoms with van der Waals surface area (Å²) in [4.78, 5) is 33.6. The number of hydrogen-bond acceptors (Lipinski definition) is 7. The van der Waals surface area contributed by atoms with Crippen LogP contribution in [0.1, 0.15) is 50.5 Å². The van der Waals surface area contributed by atoms with E-state index in [4.69, 9.17) is 10.5 Å². The van der Waals surface area contributed by atoms with Crippen LogP contribution in [-0.2, 0) is 6.18 Å². The van der Waals surface area contributed by atoms with Crippen LogP contribution in [0, 0.1) is 6.92 Å². The molecule has 1 saturated heterocycles. The van der Waals surface area contributed by atoms with E-state index in [9.17, 15) is 27.9 Å². The lowest BCUT2D eigenvalue weighted by molar-refractivity contribution is -0.143. The van der Waals surface area contributed by atoms with Gasteiger partial charge in [0.05, 0.1) is 31.6 Å². The van der Waals surface area contributed by atoms with Crippen molar-refractivity contribution in [3.05, 3.63) is 82.7 Å². The van der Waals surface area contributed by atoms with Crippen LogP contribution in [0.15, 0.2) is 54.7 Å². The molecule has 3 heterocycles. The molecule has 1 fully saturated rings. The van der Waals surface area contributed by atoms with E-state index in [-0.39, 0.29) is 41.7 Å². The number of methoxy groups -OCH3 is 1. The van der Waals surface area contributed by atoms with Crippen LogP contribution in [0.25, 0.3) is 16.9 Å². The van der Waals surface area contributed by atoms with Gasteiger partial charge >= 0.3 is 6.18 Å². The van der Waals surface area contributed by atoms with Crippen molar-refractivity contribution < 1.29 is 32.6 Å². The highest BCUT2D eigenvalue weighted by atomic mass is 19.4. The van der Waals surface area contributed by atoms with E-state index in [1.165, 1.54) is 14.0 Å². The van der Waals surface area contributed by atoms with Gasteiger partial charge in [0.2, 0.25) is 5.91 Å². The molecule has 0 bridgehead atoms. The number of fused-ring (bicyclic) bond motifs is 1. The second-order valence-corrected chi connectivity index (χ2v) is 10.5. The Morgan fingerprint density at radius 2 is 1.88 bits per heavy atom. The van der Waals surface area contributed by atoms with Crippen LogP contribution in [0.3, 0.4) is 0 Å². The Balaban J connectivity index is 1.47. The molecule has 10 nitrogen and oxygen atoms in total. The number of aromatic nitrogens is 3.